The lowest BCUT2D eigenvalue weighted by molar-refractivity contribution is 0.620. The van der Waals surface area contributed by atoms with Crippen LogP contribution in [0, 0.1) is 6.92 Å². The van der Waals surface area contributed by atoms with Gasteiger partial charge in [0, 0.05) is 12.2 Å². The molecule has 0 saturated carbocycles. The van der Waals surface area contributed by atoms with Crippen molar-refractivity contribution in [2.24, 2.45) is 0 Å². The molecule has 0 aromatic carbocycles. The molecule has 5 heteroatoms. The van der Waals surface area contributed by atoms with E-state index in [2.05, 4.69) is 30.3 Å². The molecule has 19 heavy (non-hydrogen) atoms. The molecule has 0 fully saturated rings. The van der Waals surface area contributed by atoms with Gasteiger partial charge in [-0.1, -0.05) is 0 Å². The number of pyridine rings is 1. The normalized spacial score (nSPS) is 11.6. The first kappa shape index (κ1) is 12.2. The number of imidazole rings is 1. The molecule has 0 saturated heterocycles. The van der Waals surface area contributed by atoms with Crippen LogP contribution in [-0.4, -0.2) is 14.5 Å². The summed E-state index contributed by atoms with van der Waals surface area (Å²) < 4.78 is 2.17. The molecule has 3 heterocycles. The first-order chi connectivity index (χ1) is 9.08. The smallest absolute Gasteiger partial charge is 0.160 e. The topological polar surface area (TPSA) is 56.7 Å². The lowest BCUT2D eigenvalue weighted by atomic mass is 10.2. The molecule has 0 aliphatic heterocycles. The van der Waals surface area contributed by atoms with Crippen molar-refractivity contribution in [3.8, 4) is 10.7 Å². The summed E-state index contributed by atoms with van der Waals surface area (Å²) in [6.45, 7) is 6.36. The Hall–Kier alpha value is -1.88. The number of hydrogen-bond donors (Lipinski definition) is 1. The number of nitrogens with two attached hydrogens (primary N) is 1. The van der Waals surface area contributed by atoms with Crippen molar-refractivity contribution in [2.45, 2.75) is 26.8 Å². The predicted octanol–water partition coefficient (Wildman–Crippen LogP) is 3.63. The van der Waals surface area contributed by atoms with Gasteiger partial charge < -0.3 is 10.3 Å². The van der Waals surface area contributed by atoms with Crippen LogP contribution in [0.25, 0.3) is 21.9 Å². The first-order valence-corrected chi connectivity index (χ1v) is 7.09. The molecule has 0 spiro atoms. The molecular weight excluding hydrogens is 256 g/mol. The van der Waals surface area contributed by atoms with E-state index in [1.54, 1.807) is 11.3 Å². The van der Waals surface area contributed by atoms with Crippen LogP contribution < -0.4 is 5.73 Å². The van der Waals surface area contributed by atoms with Crippen molar-refractivity contribution < 1.29 is 0 Å². The largest absolute Gasteiger partial charge is 0.391 e. The molecule has 0 radical (unpaired) electrons. The maximum absolute atomic E-state index is 5.90. The number of nitrogen functional groups attached to an aromatic ring is 1. The van der Waals surface area contributed by atoms with E-state index in [1.807, 2.05) is 24.4 Å². The van der Waals surface area contributed by atoms with Crippen LogP contribution >= 0.6 is 11.3 Å². The fourth-order valence-electron chi connectivity index (χ4n) is 2.31. The zero-order chi connectivity index (χ0) is 13.6. The minimum Gasteiger partial charge on any atom is -0.391 e. The summed E-state index contributed by atoms with van der Waals surface area (Å²) in [5.41, 5.74) is 8.93. The number of nitrogens with zero attached hydrogens (tertiary/aromatic N) is 3. The Morgan fingerprint density at radius 2 is 2.16 bits per heavy atom. The minimum atomic E-state index is 0.303. The minimum absolute atomic E-state index is 0.303. The van der Waals surface area contributed by atoms with Gasteiger partial charge in [-0.2, -0.15) is 0 Å². The molecule has 0 atom stereocenters. The maximum atomic E-state index is 5.90. The van der Waals surface area contributed by atoms with Crippen LogP contribution in [0.5, 0.6) is 0 Å². The van der Waals surface area contributed by atoms with Gasteiger partial charge in [0.2, 0.25) is 0 Å². The average Bonchev–Trinajstić information content (AvgIpc) is 2.88. The van der Waals surface area contributed by atoms with E-state index in [1.165, 1.54) is 5.56 Å². The summed E-state index contributed by atoms with van der Waals surface area (Å²) in [6.07, 6.45) is 1.81. The Morgan fingerprint density at radius 3 is 2.79 bits per heavy atom. The van der Waals surface area contributed by atoms with E-state index in [4.69, 9.17) is 10.7 Å². The Bertz CT molecular complexity index is 739. The Morgan fingerprint density at radius 1 is 1.37 bits per heavy atom. The van der Waals surface area contributed by atoms with Crippen LogP contribution in [0.2, 0.25) is 0 Å². The third kappa shape index (κ3) is 1.90. The lowest BCUT2D eigenvalue weighted by Crippen LogP contribution is -2.03. The predicted molar refractivity (Wildman–Crippen MR) is 80.4 cm³/mol. The van der Waals surface area contributed by atoms with Gasteiger partial charge in [0.1, 0.15) is 5.52 Å². The summed E-state index contributed by atoms with van der Waals surface area (Å²) in [5, 5.41) is 0.822. The third-order valence-corrected chi connectivity index (χ3v) is 4.17. The van der Waals surface area contributed by atoms with Gasteiger partial charge in [-0.25, -0.2) is 9.97 Å². The highest BCUT2D eigenvalue weighted by molar-refractivity contribution is 7.19. The molecule has 0 amide bonds. The Balaban J connectivity index is 2.34. The molecule has 4 nitrogen and oxygen atoms in total. The highest BCUT2D eigenvalue weighted by Crippen LogP contribution is 2.36. The van der Waals surface area contributed by atoms with Crippen LogP contribution in [-0.2, 0) is 0 Å². The maximum Gasteiger partial charge on any atom is 0.160 e. The van der Waals surface area contributed by atoms with Gasteiger partial charge in [-0.3, -0.25) is 0 Å². The SMILES string of the molecule is Cc1cc(N)sc1-c1nc2cccnc2n1C(C)C. The van der Waals surface area contributed by atoms with Crippen molar-refractivity contribution in [3.63, 3.8) is 0 Å². The monoisotopic (exact) mass is 272 g/mol. The molecule has 0 aliphatic carbocycles. The van der Waals surface area contributed by atoms with Crippen LogP contribution in [0.15, 0.2) is 24.4 Å². The Kier molecular flexibility index (Phi) is 2.78. The third-order valence-electron chi connectivity index (χ3n) is 3.11. The van der Waals surface area contributed by atoms with Crippen molar-refractivity contribution in [2.75, 3.05) is 5.73 Å². The molecule has 3 aromatic rings. The van der Waals surface area contributed by atoms with Crippen LogP contribution in [0.4, 0.5) is 5.00 Å². The van der Waals surface area contributed by atoms with E-state index in [0.717, 1.165) is 26.9 Å². The quantitative estimate of drug-likeness (QED) is 0.775. The second-order valence-corrected chi connectivity index (χ2v) is 5.99. The number of rotatable bonds is 2. The summed E-state index contributed by atoms with van der Waals surface area (Å²) >= 11 is 1.58. The number of anilines is 1. The summed E-state index contributed by atoms with van der Waals surface area (Å²) in [7, 11) is 0. The van der Waals surface area contributed by atoms with Gasteiger partial charge in [0.05, 0.1) is 9.88 Å². The number of aromatic nitrogens is 3. The summed E-state index contributed by atoms with van der Waals surface area (Å²) in [6, 6.07) is 6.21. The van der Waals surface area contributed by atoms with E-state index in [0.29, 0.717) is 6.04 Å². The lowest BCUT2D eigenvalue weighted by Gasteiger charge is -2.11. The van der Waals surface area contributed by atoms with Gasteiger partial charge in [-0.05, 0) is 44.5 Å². The fraction of sp³-hybridized carbons (Fsp3) is 0.286. The van der Waals surface area contributed by atoms with Crippen molar-refractivity contribution >= 4 is 27.5 Å². The number of fused-ring (bicyclic) bond motifs is 1. The molecule has 2 N–H and O–H groups in total. The zero-order valence-corrected chi connectivity index (χ0v) is 12.0. The van der Waals surface area contributed by atoms with Gasteiger partial charge in [0.15, 0.2) is 11.5 Å². The molecule has 0 bridgehead atoms. The van der Waals surface area contributed by atoms with E-state index in [-0.39, 0.29) is 0 Å². The molecule has 98 valence electrons. The Labute approximate surface area is 115 Å². The summed E-state index contributed by atoms with van der Waals surface area (Å²) in [5.74, 6) is 0.961. The molecule has 3 aromatic heterocycles. The van der Waals surface area contributed by atoms with Crippen molar-refractivity contribution in [1.29, 1.82) is 0 Å². The first-order valence-electron chi connectivity index (χ1n) is 6.27. The van der Waals surface area contributed by atoms with Crippen LogP contribution in [0.1, 0.15) is 25.5 Å². The second kappa shape index (κ2) is 4.35. The van der Waals surface area contributed by atoms with E-state index >= 15 is 0 Å². The van der Waals surface area contributed by atoms with Gasteiger partial charge in [-0.15, -0.1) is 11.3 Å². The number of aryl methyl sites for hydroxylation is 1. The molecule has 3 rings (SSSR count). The fourth-order valence-corrected chi connectivity index (χ4v) is 3.23. The molecule has 0 unspecified atom stereocenters. The zero-order valence-electron chi connectivity index (χ0n) is 11.2. The highest BCUT2D eigenvalue weighted by atomic mass is 32.1. The van der Waals surface area contributed by atoms with Crippen LogP contribution in [0.3, 0.4) is 0 Å². The second-order valence-electron chi connectivity index (χ2n) is 4.91. The summed E-state index contributed by atoms with van der Waals surface area (Å²) in [4.78, 5) is 10.3. The van der Waals surface area contributed by atoms with Gasteiger partial charge >= 0.3 is 0 Å². The average molecular weight is 272 g/mol. The van der Waals surface area contributed by atoms with Crippen molar-refractivity contribution in [1.82, 2.24) is 14.5 Å². The molecule has 0 aliphatic rings. The standard InChI is InChI=1S/C14H16N4S/c1-8(2)18-13-10(5-4-6-16-13)17-14(18)12-9(3)7-11(15)19-12/h4-8H,15H2,1-3H3. The van der Waals surface area contributed by atoms with Gasteiger partial charge in [0.25, 0.3) is 0 Å². The molecular formula is C14H16N4S. The van der Waals surface area contributed by atoms with E-state index < -0.39 is 0 Å². The highest BCUT2D eigenvalue weighted by Gasteiger charge is 2.18. The van der Waals surface area contributed by atoms with Crippen molar-refractivity contribution in [3.05, 3.63) is 30.0 Å². The van der Waals surface area contributed by atoms with E-state index in [9.17, 15) is 0 Å². The number of hydrogen-bond acceptors (Lipinski definition) is 4. The number of thiophene rings is 1.